The number of halogens is 2. The lowest BCUT2D eigenvalue weighted by molar-refractivity contribution is -0.145. The minimum Gasteiger partial charge on any atom is -0.485 e. The van der Waals surface area contributed by atoms with Gasteiger partial charge in [-0.15, -0.1) is 0 Å². The molecule has 1 amide bonds. The molecule has 0 unspecified atom stereocenters. The number of likely N-dealkylation sites (tertiary alicyclic amines) is 1. The van der Waals surface area contributed by atoms with Gasteiger partial charge >= 0.3 is 5.97 Å². The molecule has 26 heavy (non-hydrogen) atoms. The van der Waals surface area contributed by atoms with E-state index in [2.05, 4.69) is 0 Å². The number of methoxy groups -OCH3 is 1. The largest absolute Gasteiger partial charge is 0.485 e. The van der Waals surface area contributed by atoms with Crippen molar-refractivity contribution in [2.24, 2.45) is 0 Å². The standard InChI is InChI=1S/C19H17ClFNO4/c1-25-19(24)16-10-12(26-17-9-5-4-8-15(17)21)11-22(16)18(23)13-6-2-3-7-14(13)20/h2-9,12,16H,10-11H2,1H3/t12-,16+/m0/s1. The Bertz CT molecular complexity index is 829. The Kier molecular flexibility index (Phi) is 5.42. The molecule has 136 valence electrons. The van der Waals surface area contributed by atoms with E-state index in [1.54, 1.807) is 36.4 Å². The topological polar surface area (TPSA) is 55.8 Å². The maximum Gasteiger partial charge on any atom is 0.328 e. The van der Waals surface area contributed by atoms with E-state index >= 15 is 0 Å². The minimum absolute atomic E-state index is 0.0770. The second-order valence-electron chi connectivity index (χ2n) is 5.88. The summed E-state index contributed by atoms with van der Waals surface area (Å²) < 4.78 is 24.3. The van der Waals surface area contributed by atoms with Gasteiger partial charge in [-0.25, -0.2) is 9.18 Å². The normalized spacial score (nSPS) is 19.3. The highest BCUT2D eigenvalue weighted by Gasteiger charge is 2.42. The molecule has 3 rings (SSSR count). The maximum absolute atomic E-state index is 13.8. The summed E-state index contributed by atoms with van der Waals surface area (Å²) in [7, 11) is 1.26. The number of hydrogen-bond acceptors (Lipinski definition) is 4. The average Bonchev–Trinajstić information content (AvgIpc) is 3.07. The van der Waals surface area contributed by atoms with Gasteiger partial charge in [-0.3, -0.25) is 4.79 Å². The Morgan fingerprint density at radius 2 is 1.85 bits per heavy atom. The van der Waals surface area contributed by atoms with Crippen LogP contribution in [0.2, 0.25) is 5.02 Å². The van der Waals surface area contributed by atoms with E-state index < -0.39 is 29.8 Å². The lowest BCUT2D eigenvalue weighted by atomic mass is 10.1. The van der Waals surface area contributed by atoms with Gasteiger partial charge in [0.1, 0.15) is 12.1 Å². The van der Waals surface area contributed by atoms with Crippen LogP contribution in [0, 0.1) is 5.82 Å². The molecule has 2 aromatic carbocycles. The van der Waals surface area contributed by atoms with Gasteiger partial charge in [-0.1, -0.05) is 35.9 Å². The molecule has 0 aliphatic carbocycles. The van der Waals surface area contributed by atoms with Crippen LogP contribution in [-0.2, 0) is 9.53 Å². The first kappa shape index (κ1) is 18.2. The van der Waals surface area contributed by atoms with E-state index in [4.69, 9.17) is 21.1 Å². The van der Waals surface area contributed by atoms with Gasteiger partial charge in [-0.2, -0.15) is 0 Å². The zero-order valence-electron chi connectivity index (χ0n) is 14.0. The summed E-state index contributed by atoms with van der Waals surface area (Å²) >= 11 is 6.10. The monoisotopic (exact) mass is 377 g/mol. The molecule has 0 spiro atoms. The molecular weight excluding hydrogens is 361 g/mol. The van der Waals surface area contributed by atoms with E-state index in [0.29, 0.717) is 5.02 Å². The molecule has 2 aromatic rings. The summed E-state index contributed by atoms with van der Waals surface area (Å²) in [6.07, 6.45) is -0.334. The Hall–Kier alpha value is -2.60. The fourth-order valence-corrected chi connectivity index (χ4v) is 3.19. The van der Waals surface area contributed by atoms with E-state index in [-0.39, 0.29) is 24.3 Å². The average molecular weight is 378 g/mol. The minimum atomic E-state index is -0.819. The van der Waals surface area contributed by atoms with Crippen molar-refractivity contribution in [2.45, 2.75) is 18.6 Å². The van der Waals surface area contributed by atoms with Crippen molar-refractivity contribution < 1.29 is 23.5 Å². The molecule has 0 aromatic heterocycles. The van der Waals surface area contributed by atoms with Gasteiger partial charge in [0.2, 0.25) is 0 Å². The quantitative estimate of drug-likeness (QED) is 0.767. The molecule has 0 bridgehead atoms. The summed E-state index contributed by atoms with van der Waals surface area (Å²) in [5.41, 5.74) is 0.287. The Morgan fingerprint density at radius 3 is 2.54 bits per heavy atom. The molecule has 5 nitrogen and oxygen atoms in total. The highest BCUT2D eigenvalue weighted by molar-refractivity contribution is 6.33. The van der Waals surface area contributed by atoms with Gasteiger partial charge in [0.05, 0.1) is 24.2 Å². The van der Waals surface area contributed by atoms with Crippen molar-refractivity contribution in [3.05, 3.63) is 64.9 Å². The number of esters is 1. The lowest BCUT2D eigenvalue weighted by Gasteiger charge is -2.22. The molecular formula is C19H17ClFNO4. The van der Waals surface area contributed by atoms with Crippen molar-refractivity contribution in [1.29, 1.82) is 0 Å². The van der Waals surface area contributed by atoms with Crippen molar-refractivity contribution in [2.75, 3.05) is 13.7 Å². The zero-order valence-corrected chi connectivity index (χ0v) is 14.8. The van der Waals surface area contributed by atoms with Gasteiger partial charge in [0.25, 0.3) is 5.91 Å². The molecule has 1 aliphatic heterocycles. The number of carbonyl (C=O) groups is 2. The Morgan fingerprint density at radius 1 is 1.15 bits per heavy atom. The highest BCUT2D eigenvalue weighted by Crippen LogP contribution is 2.28. The van der Waals surface area contributed by atoms with Crippen LogP contribution in [0.4, 0.5) is 4.39 Å². The van der Waals surface area contributed by atoms with Crippen LogP contribution in [0.15, 0.2) is 48.5 Å². The van der Waals surface area contributed by atoms with Crippen molar-refractivity contribution >= 4 is 23.5 Å². The predicted octanol–water partition coefficient (Wildman–Crippen LogP) is 3.31. The third kappa shape index (κ3) is 3.65. The molecule has 1 saturated heterocycles. The first-order chi connectivity index (χ1) is 12.5. The third-order valence-corrected chi connectivity index (χ3v) is 4.56. The first-order valence-corrected chi connectivity index (χ1v) is 8.43. The SMILES string of the molecule is COC(=O)[C@H]1C[C@H](Oc2ccccc2F)CN1C(=O)c1ccccc1Cl. The van der Waals surface area contributed by atoms with E-state index in [9.17, 15) is 14.0 Å². The van der Waals surface area contributed by atoms with Crippen molar-refractivity contribution in [1.82, 2.24) is 4.90 Å². The number of para-hydroxylation sites is 1. The van der Waals surface area contributed by atoms with Crippen LogP contribution in [0.25, 0.3) is 0 Å². The molecule has 0 saturated carbocycles. The number of ether oxygens (including phenoxy) is 2. The third-order valence-electron chi connectivity index (χ3n) is 4.23. The molecule has 2 atom stereocenters. The Balaban J connectivity index is 1.83. The number of nitrogens with zero attached hydrogens (tertiary/aromatic N) is 1. The lowest BCUT2D eigenvalue weighted by Crippen LogP contribution is -2.41. The molecule has 1 aliphatic rings. The fraction of sp³-hybridized carbons (Fsp3) is 0.263. The van der Waals surface area contributed by atoms with Crippen LogP contribution < -0.4 is 4.74 Å². The Labute approximate surface area is 155 Å². The second kappa shape index (κ2) is 7.74. The summed E-state index contributed by atoms with van der Waals surface area (Å²) in [5, 5.41) is 0.291. The first-order valence-electron chi connectivity index (χ1n) is 8.05. The maximum atomic E-state index is 13.8. The van der Waals surface area contributed by atoms with Crippen LogP contribution in [0.3, 0.4) is 0 Å². The van der Waals surface area contributed by atoms with Crippen LogP contribution >= 0.6 is 11.6 Å². The van der Waals surface area contributed by atoms with Crippen LogP contribution in [-0.4, -0.2) is 42.6 Å². The molecule has 7 heteroatoms. The molecule has 1 heterocycles. The van der Waals surface area contributed by atoms with Crippen molar-refractivity contribution in [3.63, 3.8) is 0 Å². The fourth-order valence-electron chi connectivity index (χ4n) is 2.98. The summed E-state index contributed by atoms with van der Waals surface area (Å²) in [6, 6.07) is 11.8. The van der Waals surface area contributed by atoms with E-state index in [0.717, 1.165) is 0 Å². The zero-order chi connectivity index (χ0) is 18.7. The van der Waals surface area contributed by atoms with Gasteiger partial charge in [0.15, 0.2) is 11.6 Å². The van der Waals surface area contributed by atoms with E-state index in [1.807, 2.05) is 0 Å². The second-order valence-corrected chi connectivity index (χ2v) is 6.29. The molecule has 1 fully saturated rings. The number of rotatable bonds is 4. The summed E-state index contributed by atoms with van der Waals surface area (Å²) in [4.78, 5) is 26.4. The van der Waals surface area contributed by atoms with Crippen LogP contribution in [0.5, 0.6) is 5.75 Å². The number of hydrogen-bond donors (Lipinski definition) is 0. The van der Waals surface area contributed by atoms with Gasteiger partial charge < -0.3 is 14.4 Å². The number of benzene rings is 2. The molecule has 0 N–H and O–H groups in total. The number of amides is 1. The van der Waals surface area contributed by atoms with Gasteiger partial charge in [-0.05, 0) is 24.3 Å². The van der Waals surface area contributed by atoms with Gasteiger partial charge in [0, 0.05) is 6.42 Å². The highest BCUT2D eigenvalue weighted by atomic mass is 35.5. The van der Waals surface area contributed by atoms with Crippen LogP contribution in [0.1, 0.15) is 16.8 Å². The smallest absolute Gasteiger partial charge is 0.328 e. The van der Waals surface area contributed by atoms with Crippen molar-refractivity contribution in [3.8, 4) is 5.75 Å². The molecule has 0 radical (unpaired) electrons. The summed E-state index contributed by atoms with van der Waals surface area (Å²) in [5.74, 6) is -1.37. The summed E-state index contributed by atoms with van der Waals surface area (Å²) in [6.45, 7) is 0.123. The van der Waals surface area contributed by atoms with E-state index in [1.165, 1.54) is 24.1 Å². The number of carbonyl (C=O) groups excluding carboxylic acids is 2. The predicted molar refractivity (Wildman–Crippen MR) is 93.7 cm³/mol.